The molecule has 0 aromatic rings. The number of aliphatic hydroxyl groups excluding tert-OH is 1. The molecule has 1 atom stereocenters. The third-order valence-corrected chi connectivity index (χ3v) is 7.26. The zero-order chi connectivity index (χ0) is 21.6. The Bertz CT molecular complexity index is 429. The Morgan fingerprint density at radius 1 is 0.600 bits per heavy atom. The summed E-state index contributed by atoms with van der Waals surface area (Å²) in [5.41, 5.74) is 0. The van der Waals surface area contributed by atoms with Gasteiger partial charge in [0, 0.05) is 11.9 Å². The van der Waals surface area contributed by atoms with Crippen LogP contribution >= 0.6 is 0 Å². The molecule has 0 aliphatic heterocycles. The van der Waals surface area contributed by atoms with E-state index in [-0.39, 0.29) is 36.2 Å². The van der Waals surface area contributed by atoms with Gasteiger partial charge in [-0.15, -0.1) is 0 Å². The van der Waals surface area contributed by atoms with Crippen LogP contribution in [-0.4, -0.2) is 29.9 Å². The molecular formula is C24H49NaO4S. The van der Waals surface area contributed by atoms with Gasteiger partial charge in [0.05, 0.1) is 10.1 Å². The summed E-state index contributed by atoms with van der Waals surface area (Å²) in [5.74, 6) is 0. The van der Waals surface area contributed by atoms with Gasteiger partial charge >= 0.3 is 29.6 Å². The van der Waals surface area contributed by atoms with Gasteiger partial charge in [0.2, 0.25) is 0 Å². The zero-order valence-corrected chi connectivity index (χ0v) is 23.0. The molecule has 0 bridgehead atoms. The number of hydrogen-bond donors (Lipinski definition) is 1. The predicted octanol–water partition coefficient (Wildman–Crippen LogP) is 4.11. The summed E-state index contributed by atoms with van der Waals surface area (Å²) >= 11 is 0. The molecule has 1 unspecified atom stereocenters. The SMILES string of the molecule is CCCCCCCCCCCCCCCCC(CCCCCCCO)S(=O)(=O)[O-].[Na+]. The summed E-state index contributed by atoms with van der Waals surface area (Å²) in [6.45, 7) is 2.48. The van der Waals surface area contributed by atoms with Crippen LogP contribution in [0.15, 0.2) is 0 Å². The third kappa shape index (κ3) is 23.5. The van der Waals surface area contributed by atoms with Gasteiger partial charge in [0.15, 0.2) is 0 Å². The Morgan fingerprint density at radius 2 is 0.900 bits per heavy atom. The van der Waals surface area contributed by atoms with Crippen molar-refractivity contribution in [3.63, 3.8) is 0 Å². The van der Waals surface area contributed by atoms with Crippen molar-refractivity contribution in [3.05, 3.63) is 0 Å². The molecule has 0 saturated heterocycles. The summed E-state index contributed by atoms with van der Waals surface area (Å²) in [5, 5.41) is 8.06. The van der Waals surface area contributed by atoms with Gasteiger partial charge in [0.25, 0.3) is 0 Å². The van der Waals surface area contributed by atoms with Crippen LogP contribution in [0.25, 0.3) is 0 Å². The van der Waals surface area contributed by atoms with E-state index in [0.29, 0.717) is 12.8 Å². The molecule has 0 rings (SSSR count). The number of hydrogen-bond acceptors (Lipinski definition) is 4. The first kappa shape index (κ1) is 33.0. The first-order valence-electron chi connectivity index (χ1n) is 12.6. The molecule has 6 heteroatoms. The minimum absolute atomic E-state index is 0. The van der Waals surface area contributed by atoms with E-state index in [0.717, 1.165) is 51.4 Å². The fourth-order valence-electron chi connectivity index (χ4n) is 4.01. The maximum absolute atomic E-state index is 11.5. The fourth-order valence-corrected chi connectivity index (χ4v) is 4.92. The molecule has 4 nitrogen and oxygen atoms in total. The van der Waals surface area contributed by atoms with Gasteiger partial charge in [-0.05, 0) is 19.3 Å². The van der Waals surface area contributed by atoms with Crippen molar-refractivity contribution in [1.82, 2.24) is 0 Å². The summed E-state index contributed by atoms with van der Waals surface area (Å²) in [6, 6.07) is 0. The van der Waals surface area contributed by atoms with E-state index in [1.807, 2.05) is 0 Å². The molecule has 0 aliphatic carbocycles. The van der Waals surface area contributed by atoms with Crippen molar-refractivity contribution in [1.29, 1.82) is 0 Å². The number of unbranched alkanes of at least 4 members (excludes halogenated alkanes) is 17. The van der Waals surface area contributed by atoms with Crippen LogP contribution in [-0.2, 0) is 10.1 Å². The van der Waals surface area contributed by atoms with Crippen LogP contribution in [0.3, 0.4) is 0 Å². The predicted molar refractivity (Wildman–Crippen MR) is 123 cm³/mol. The first-order chi connectivity index (χ1) is 14.0. The quantitative estimate of drug-likeness (QED) is 0.143. The first-order valence-corrected chi connectivity index (χ1v) is 14.0. The third-order valence-electron chi connectivity index (χ3n) is 5.97. The smallest absolute Gasteiger partial charge is 0.748 e. The molecule has 0 radical (unpaired) electrons. The molecule has 0 aliphatic rings. The van der Waals surface area contributed by atoms with E-state index in [2.05, 4.69) is 6.92 Å². The van der Waals surface area contributed by atoms with Crippen LogP contribution in [0.2, 0.25) is 0 Å². The van der Waals surface area contributed by atoms with Gasteiger partial charge in [-0.25, -0.2) is 8.42 Å². The molecule has 0 spiro atoms. The van der Waals surface area contributed by atoms with Crippen LogP contribution in [0, 0.1) is 0 Å². The van der Waals surface area contributed by atoms with Gasteiger partial charge in [-0.2, -0.15) is 0 Å². The van der Waals surface area contributed by atoms with Crippen molar-refractivity contribution in [3.8, 4) is 0 Å². The van der Waals surface area contributed by atoms with E-state index in [1.165, 1.54) is 70.6 Å². The summed E-state index contributed by atoms with van der Waals surface area (Å²) in [6.07, 6.45) is 23.5. The monoisotopic (exact) mass is 456 g/mol. The number of rotatable bonds is 23. The summed E-state index contributed by atoms with van der Waals surface area (Å²) in [7, 11) is -4.17. The van der Waals surface area contributed by atoms with Crippen molar-refractivity contribution >= 4 is 10.1 Å². The van der Waals surface area contributed by atoms with Gasteiger partial charge in [0.1, 0.15) is 0 Å². The molecule has 176 valence electrons. The minimum atomic E-state index is -4.17. The summed E-state index contributed by atoms with van der Waals surface area (Å²) < 4.78 is 34.4. The van der Waals surface area contributed by atoms with E-state index in [1.54, 1.807) is 0 Å². The van der Waals surface area contributed by atoms with Crippen molar-refractivity contribution in [2.45, 2.75) is 147 Å². The summed E-state index contributed by atoms with van der Waals surface area (Å²) in [4.78, 5) is 0. The molecule has 0 heterocycles. The van der Waals surface area contributed by atoms with E-state index in [4.69, 9.17) is 5.11 Å². The Kier molecular flexibility index (Phi) is 27.0. The van der Waals surface area contributed by atoms with Crippen molar-refractivity contribution in [2.24, 2.45) is 0 Å². The molecule has 1 N–H and O–H groups in total. The Morgan fingerprint density at radius 3 is 1.20 bits per heavy atom. The fraction of sp³-hybridized carbons (Fsp3) is 1.00. The molecule has 0 saturated carbocycles. The van der Waals surface area contributed by atoms with Gasteiger partial charge in [-0.1, -0.05) is 122 Å². The zero-order valence-electron chi connectivity index (χ0n) is 20.2. The molecule has 0 amide bonds. The average molecular weight is 457 g/mol. The maximum atomic E-state index is 11.5. The Labute approximate surface area is 210 Å². The normalized spacial score (nSPS) is 12.6. The maximum Gasteiger partial charge on any atom is 1.00 e. The second kappa shape index (κ2) is 24.5. The van der Waals surface area contributed by atoms with Crippen LogP contribution in [0.5, 0.6) is 0 Å². The molecule has 0 aromatic heterocycles. The van der Waals surface area contributed by atoms with Gasteiger partial charge in [-0.3, -0.25) is 0 Å². The van der Waals surface area contributed by atoms with Gasteiger partial charge < -0.3 is 9.66 Å². The average Bonchev–Trinajstić information content (AvgIpc) is 2.68. The van der Waals surface area contributed by atoms with E-state index < -0.39 is 15.4 Å². The Balaban J connectivity index is 0. The Hall–Kier alpha value is 0.870. The van der Waals surface area contributed by atoms with E-state index >= 15 is 0 Å². The molecule has 0 fully saturated rings. The topological polar surface area (TPSA) is 77.4 Å². The molecule has 30 heavy (non-hydrogen) atoms. The number of aliphatic hydroxyl groups is 1. The second-order valence-corrected chi connectivity index (χ2v) is 10.4. The standard InChI is InChI=1S/C24H50O4S.Na/c1-2-3-4-5-6-7-8-9-10-11-12-13-15-18-21-24(29(26,27)28)22-19-16-14-17-20-23-25;/h24-25H,2-23H2,1H3,(H,26,27,28);/q;+1/p-1. The van der Waals surface area contributed by atoms with Crippen molar-refractivity contribution in [2.75, 3.05) is 6.61 Å². The van der Waals surface area contributed by atoms with E-state index in [9.17, 15) is 13.0 Å². The largest absolute Gasteiger partial charge is 1.00 e. The minimum Gasteiger partial charge on any atom is -0.748 e. The molecular weight excluding hydrogens is 407 g/mol. The molecule has 0 aromatic carbocycles. The van der Waals surface area contributed by atoms with Crippen LogP contribution in [0.4, 0.5) is 0 Å². The van der Waals surface area contributed by atoms with Crippen LogP contribution < -0.4 is 29.6 Å². The second-order valence-electron chi connectivity index (χ2n) is 8.78. The van der Waals surface area contributed by atoms with Crippen molar-refractivity contribution < 1.29 is 47.6 Å². The van der Waals surface area contributed by atoms with Crippen LogP contribution in [0.1, 0.15) is 142 Å².